The third-order valence-corrected chi connectivity index (χ3v) is 7.14. The Balaban J connectivity index is 1.25. The highest BCUT2D eigenvalue weighted by Crippen LogP contribution is 2.24. The van der Waals surface area contributed by atoms with E-state index in [1.807, 2.05) is 29.1 Å². The summed E-state index contributed by atoms with van der Waals surface area (Å²) in [4.78, 5) is 31.3. The summed E-state index contributed by atoms with van der Waals surface area (Å²) in [5, 5.41) is 4.02. The third-order valence-electron chi connectivity index (χ3n) is 6.45. The van der Waals surface area contributed by atoms with Gasteiger partial charge in [-0.1, -0.05) is 34.1 Å². The third kappa shape index (κ3) is 6.76. The molecule has 0 aliphatic carbocycles. The van der Waals surface area contributed by atoms with Crippen molar-refractivity contribution in [3.05, 3.63) is 57.2 Å². The van der Waals surface area contributed by atoms with Gasteiger partial charge in [-0.25, -0.2) is 14.8 Å². The lowest BCUT2D eigenvalue weighted by Gasteiger charge is -2.36. The quantitative estimate of drug-likeness (QED) is 0.405. The minimum absolute atomic E-state index is 0.0535. The van der Waals surface area contributed by atoms with Gasteiger partial charge in [0, 0.05) is 67.0 Å². The van der Waals surface area contributed by atoms with Gasteiger partial charge in [-0.05, 0) is 43.3 Å². The number of aryl methyl sites for hydroxylation is 2. The van der Waals surface area contributed by atoms with Crippen molar-refractivity contribution >= 4 is 17.2 Å². The molecule has 0 saturated carbocycles. The van der Waals surface area contributed by atoms with Gasteiger partial charge in [0.15, 0.2) is 0 Å². The van der Waals surface area contributed by atoms with E-state index in [-0.39, 0.29) is 11.1 Å². The summed E-state index contributed by atoms with van der Waals surface area (Å²) in [6.07, 6.45) is 6.01. The molecule has 3 aromatic heterocycles. The maximum atomic E-state index is 12.4. The molecule has 0 spiro atoms. The fourth-order valence-electron chi connectivity index (χ4n) is 4.35. The zero-order valence-electron chi connectivity index (χ0n) is 21.5. The minimum atomic E-state index is -0.163. The van der Waals surface area contributed by atoms with E-state index in [0.717, 1.165) is 87.0 Å². The highest BCUT2D eigenvalue weighted by molar-refractivity contribution is 7.08. The second-order valence-electron chi connectivity index (χ2n) is 10.4. The molecule has 1 aliphatic heterocycles. The Morgan fingerprint density at radius 2 is 1.77 bits per heavy atom. The van der Waals surface area contributed by atoms with Crippen molar-refractivity contribution in [2.24, 2.45) is 0 Å². The van der Waals surface area contributed by atoms with E-state index in [1.54, 1.807) is 15.9 Å². The van der Waals surface area contributed by atoms with Crippen LogP contribution >= 0.6 is 11.3 Å². The molecule has 0 atom stereocenters. The van der Waals surface area contributed by atoms with Crippen molar-refractivity contribution in [1.82, 2.24) is 24.4 Å². The number of piperazine rings is 1. The first-order chi connectivity index (χ1) is 16.8. The lowest BCUT2D eigenvalue weighted by Crippen LogP contribution is -2.47. The van der Waals surface area contributed by atoms with Crippen LogP contribution in [0.2, 0.25) is 0 Å². The van der Waals surface area contributed by atoms with E-state index in [4.69, 9.17) is 9.97 Å². The zero-order chi connectivity index (χ0) is 24.8. The molecule has 0 radical (unpaired) electrons. The normalized spacial score (nSPS) is 15.0. The SMILES string of the molecule is CCCc1cc(N2CCN(CCCCn3ccc(-c4ccsc4)nc3=O)CC2)nc(C(C)(C)C)n1. The summed E-state index contributed by atoms with van der Waals surface area (Å²) in [6, 6.07) is 6.12. The van der Waals surface area contributed by atoms with Crippen LogP contribution in [0, 0.1) is 0 Å². The number of rotatable bonds is 9. The van der Waals surface area contributed by atoms with Crippen molar-refractivity contribution in [2.45, 2.75) is 65.3 Å². The maximum Gasteiger partial charge on any atom is 0.348 e. The summed E-state index contributed by atoms with van der Waals surface area (Å²) >= 11 is 1.61. The largest absolute Gasteiger partial charge is 0.354 e. The van der Waals surface area contributed by atoms with Crippen LogP contribution < -0.4 is 10.6 Å². The summed E-state index contributed by atoms with van der Waals surface area (Å²) in [6.45, 7) is 14.6. The first kappa shape index (κ1) is 25.5. The molecule has 1 fully saturated rings. The first-order valence-corrected chi connectivity index (χ1v) is 13.7. The Kier molecular flexibility index (Phi) is 8.34. The molecule has 188 valence electrons. The molecule has 4 rings (SSSR count). The van der Waals surface area contributed by atoms with Crippen molar-refractivity contribution < 1.29 is 0 Å². The fraction of sp³-hybridized carbons (Fsp3) is 0.556. The highest BCUT2D eigenvalue weighted by Gasteiger charge is 2.23. The molecule has 0 bridgehead atoms. The fourth-order valence-corrected chi connectivity index (χ4v) is 5.00. The van der Waals surface area contributed by atoms with E-state index in [2.05, 4.69) is 48.5 Å². The van der Waals surface area contributed by atoms with Gasteiger partial charge in [-0.2, -0.15) is 16.3 Å². The van der Waals surface area contributed by atoms with Crippen LogP contribution in [0.3, 0.4) is 0 Å². The molecule has 0 N–H and O–H groups in total. The Bertz CT molecular complexity index is 1140. The summed E-state index contributed by atoms with van der Waals surface area (Å²) in [5.74, 6) is 2.01. The molecular formula is C27H38N6OS. The summed E-state index contributed by atoms with van der Waals surface area (Å²) < 4.78 is 1.73. The van der Waals surface area contributed by atoms with Gasteiger partial charge in [-0.15, -0.1) is 0 Å². The summed E-state index contributed by atoms with van der Waals surface area (Å²) in [5.41, 5.74) is 2.70. The van der Waals surface area contributed by atoms with Gasteiger partial charge >= 0.3 is 5.69 Å². The van der Waals surface area contributed by atoms with E-state index >= 15 is 0 Å². The molecule has 0 aromatic carbocycles. The van der Waals surface area contributed by atoms with Crippen molar-refractivity contribution in [2.75, 3.05) is 37.6 Å². The second-order valence-corrected chi connectivity index (χ2v) is 11.2. The molecule has 0 amide bonds. The molecule has 1 saturated heterocycles. The number of hydrogen-bond acceptors (Lipinski definition) is 7. The van der Waals surface area contributed by atoms with Crippen LogP contribution in [0.1, 0.15) is 58.5 Å². The standard InChI is InChI=1S/C27H38N6OS/c1-5-8-22-19-24(30-25(28-22)27(2,3)4)32-16-14-31(15-17-32)11-6-7-12-33-13-9-23(29-26(33)34)21-10-18-35-20-21/h9-10,13,18-20H,5-8,11-12,14-17H2,1-4H3. The average Bonchev–Trinajstić information content (AvgIpc) is 3.38. The number of anilines is 1. The van der Waals surface area contributed by atoms with E-state index < -0.39 is 0 Å². The molecule has 1 aliphatic rings. The molecule has 35 heavy (non-hydrogen) atoms. The van der Waals surface area contributed by atoms with Gasteiger partial charge < -0.3 is 4.90 Å². The van der Waals surface area contributed by atoms with Crippen molar-refractivity contribution in [3.63, 3.8) is 0 Å². The van der Waals surface area contributed by atoms with Gasteiger partial charge in [0.1, 0.15) is 11.6 Å². The lowest BCUT2D eigenvalue weighted by atomic mass is 9.95. The Morgan fingerprint density at radius 3 is 2.43 bits per heavy atom. The second kappa shape index (κ2) is 11.4. The first-order valence-electron chi connectivity index (χ1n) is 12.8. The van der Waals surface area contributed by atoms with Gasteiger partial charge in [0.2, 0.25) is 0 Å². The predicted octanol–water partition coefficient (Wildman–Crippen LogP) is 4.61. The molecule has 4 heterocycles. The van der Waals surface area contributed by atoms with Crippen LogP contribution in [0.15, 0.2) is 40.0 Å². The highest BCUT2D eigenvalue weighted by atomic mass is 32.1. The lowest BCUT2D eigenvalue weighted by molar-refractivity contribution is 0.250. The Morgan fingerprint density at radius 1 is 1.00 bits per heavy atom. The molecule has 8 heteroatoms. The van der Waals surface area contributed by atoms with E-state index in [1.165, 1.54) is 0 Å². The van der Waals surface area contributed by atoms with E-state index in [9.17, 15) is 4.79 Å². The minimum Gasteiger partial charge on any atom is -0.354 e. The number of aromatic nitrogens is 4. The average molecular weight is 495 g/mol. The Labute approximate surface area is 212 Å². The smallest absolute Gasteiger partial charge is 0.348 e. The van der Waals surface area contributed by atoms with E-state index in [0.29, 0.717) is 6.54 Å². The van der Waals surface area contributed by atoms with Crippen LogP contribution in [-0.4, -0.2) is 57.1 Å². The van der Waals surface area contributed by atoms with Crippen LogP contribution in [0.4, 0.5) is 5.82 Å². The Hall–Kier alpha value is -2.58. The monoisotopic (exact) mass is 494 g/mol. The van der Waals surface area contributed by atoms with Crippen LogP contribution in [-0.2, 0) is 18.4 Å². The predicted molar refractivity (Wildman–Crippen MR) is 144 cm³/mol. The van der Waals surface area contributed by atoms with Crippen LogP contribution in [0.25, 0.3) is 11.3 Å². The maximum absolute atomic E-state index is 12.4. The van der Waals surface area contributed by atoms with Crippen LogP contribution in [0.5, 0.6) is 0 Å². The molecule has 0 unspecified atom stereocenters. The summed E-state index contributed by atoms with van der Waals surface area (Å²) in [7, 11) is 0. The van der Waals surface area contributed by atoms with Crippen molar-refractivity contribution in [3.8, 4) is 11.3 Å². The topological polar surface area (TPSA) is 67.2 Å². The van der Waals surface area contributed by atoms with Gasteiger partial charge in [-0.3, -0.25) is 9.47 Å². The number of thiophene rings is 1. The van der Waals surface area contributed by atoms with Crippen molar-refractivity contribution in [1.29, 1.82) is 0 Å². The van der Waals surface area contributed by atoms with Gasteiger partial charge in [0.25, 0.3) is 0 Å². The number of unbranched alkanes of at least 4 members (excludes halogenated alkanes) is 1. The number of hydrogen-bond donors (Lipinski definition) is 0. The molecule has 3 aromatic rings. The molecule has 7 nitrogen and oxygen atoms in total. The number of nitrogens with zero attached hydrogens (tertiary/aromatic N) is 6. The zero-order valence-corrected chi connectivity index (χ0v) is 22.4. The van der Waals surface area contributed by atoms with Gasteiger partial charge in [0.05, 0.1) is 5.69 Å². The molecular weight excluding hydrogens is 456 g/mol.